The molecule has 25 heavy (non-hydrogen) atoms. The van der Waals surface area contributed by atoms with Crippen LogP contribution >= 0.6 is 0 Å². The van der Waals surface area contributed by atoms with Crippen LogP contribution in [0.4, 0.5) is 0 Å². The summed E-state index contributed by atoms with van der Waals surface area (Å²) in [5, 5.41) is 18.6. The molecule has 2 fully saturated rings. The van der Waals surface area contributed by atoms with Crippen molar-refractivity contribution in [2.75, 3.05) is 59.9 Å². The summed E-state index contributed by atoms with van der Waals surface area (Å²) in [4.78, 5) is 29.3. The van der Waals surface area contributed by atoms with Crippen LogP contribution in [0.25, 0.3) is 0 Å². The molecule has 0 aromatic rings. The Morgan fingerprint density at radius 1 is 0.880 bits per heavy atom. The van der Waals surface area contributed by atoms with E-state index in [-0.39, 0.29) is 24.8 Å². The van der Waals surface area contributed by atoms with E-state index >= 15 is 0 Å². The van der Waals surface area contributed by atoms with Gasteiger partial charge in [-0.05, 0) is 44.7 Å². The summed E-state index contributed by atoms with van der Waals surface area (Å²) in [6, 6.07) is 0. The molecule has 7 heteroatoms. The van der Waals surface area contributed by atoms with Gasteiger partial charge in [-0.1, -0.05) is 6.42 Å². The molecule has 2 rings (SSSR count). The molecule has 0 aromatic carbocycles. The second-order valence-corrected chi connectivity index (χ2v) is 7.91. The third-order valence-corrected chi connectivity index (χ3v) is 5.83. The number of fused-ring (bicyclic) bond motifs is 2. The molecule has 2 N–H and O–H groups in total. The molecule has 1 saturated heterocycles. The number of carboxylic acid groups (broad SMARTS) is 2. The van der Waals surface area contributed by atoms with Gasteiger partial charge >= 0.3 is 11.9 Å². The summed E-state index contributed by atoms with van der Waals surface area (Å²) < 4.78 is 0. The molecule has 2 aliphatic rings. The molecular formula is C18H33N3O4. The smallest absolute Gasteiger partial charge is 0.317 e. The highest BCUT2D eigenvalue weighted by Crippen LogP contribution is 2.38. The van der Waals surface area contributed by atoms with E-state index in [9.17, 15) is 19.8 Å². The summed E-state index contributed by atoms with van der Waals surface area (Å²) >= 11 is 0. The topological polar surface area (TPSA) is 84.3 Å². The highest BCUT2D eigenvalue weighted by atomic mass is 16.4. The quantitative estimate of drug-likeness (QED) is 0.770. The number of rotatable bonds is 4. The van der Waals surface area contributed by atoms with Crippen molar-refractivity contribution in [2.45, 2.75) is 25.7 Å². The Bertz CT molecular complexity index is 460. The zero-order valence-electron chi connectivity index (χ0n) is 15.6. The minimum absolute atomic E-state index is 0.0364. The van der Waals surface area contributed by atoms with E-state index in [0.29, 0.717) is 19.0 Å². The van der Waals surface area contributed by atoms with Crippen LogP contribution in [0.3, 0.4) is 0 Å². The molecule has 1 saturated carbocycles. The first-order valence-corrected chi connectivity index (χ1v) is 9.38. The predicted octanol–water partition coefficient (Wildman–Crippen LogP) is 0.757. The molecule has 144 valence electrons. The fraction of sp³-hybridized carbons (Fsp3) is 0.889. The van der Waals surface area contributed by atoms with Gasteiger partial charge in [0.05, 0.1) is 6.54 Å². The Morgan fingerprint density at radius 3 is 2.12 bits per heavy atom. The molecule has 1 heterocycles. The number of carboxylic acids is 2. The SMILES string of the molecule is CN1CCN(C)C[C@H]2CCC[C@@H](CN(CC(=O)O)CC1)C2CC(=O)O. The average molecular weight is 355 g/mol. The van der Waals surface area contributed by atoms with E-state index in [1.807, 2.05) is 4.90 Å². The number of hydrogen-bond acceptors (Lipinski definition) is 5. The van der Waals surface area contributed by atoms with Crippen molar-refractivity contribution in [3.05, 3.63) is 0 Å². The second-order valence-electron chi connectivity index (χ2n) is 7.91. The van der Waals surface area contributed by atoms with Gasteiger partial charge in [0.25, 0.3) is 0 Å². The Kier molecular flexibility index (Phi) is 7.65. The maximum atomic E-state index is 11.4. The highest BCUT2D eigenvalue weighted by Gasteiger charge is 2.36. The number of hydrogen-bond donors (Lipinski definition) is 2. The number of nitrogens with zero attached hydrogens (tertiary/aromatic N) is 3. The molecule has 1 unspecified atom stereocenters. The summed E-state index contributed by atoms with van der Waals surface area (Å²) in [7, 11) is 4.20. The van der Waals surface area contributed by atoms with Crippen molar-refractivity contribution in [1.29, 1.82) is 0 Å². The van der Waals surface area contributed by atoms with Crippen molar-refractivity contribution < 1.29 is 19.8 Å². The summed E-state index contributed by atoms with van der Waals surface area (Å²) in [6.07, 6.45) is 3.39. The van der Waals surface area contributed by atoms with Crippen molar-refractivity contribution in [3.8, 4) is 0 Å². The van der Waals surface area contributed by atoms with Gasteiger partial charge in [0.2, 0.25) is 0 Å². The van der Waals surface area contributed by atoms with Crippen LogP contribution in [-0.2, 0) is 9.59 Å². The van der Waals surface area contributed by atoms with Crippen LogP contribution in [-0.4, -0.2) is 96.8 Å². The van der Waals surface area contributed by atoms with Gasteiger partial charge in [0.15, 0.2) is 0 Å². The van der Waals surface area contributed by atoms with Crippen LogP contribution in [0, 0.1) is 17.8 Å². The Balaban J connectivity index is 2.18. The lowest BCUT2D eigenvalue weighted by Gasteiger charge is -2.42. The highest BCUT2D eigenvalue weighted by molar-refractivity contribution is 5.69. The van der Waals surface area contributed by atoms with Crippen LogP contribution in [0.1, 0.15) is 25.7 Å². The molecule has 3 atom stereocenters. The van der Waals surface area contributed by atoms with Crippen molar-refractivity contribution >= 4 is 11.9 Å². The van der Waals surface area contributed by atoms with Crippen molar-refractivity contribution in [3.63, 3.8) is 0 Å². The van der Waals surface area contributed by atoms with E-state index in [1.165, 1.54) is 0 Å². The zero-order valence-corrected chi connectivity index (χ0v) is 15.6. The van der Waals surface area contributed by atoms with Crippen LogP contribution in [0.2, 0.25) is 0 Å². The molecule has 7 nitrogen and oxygen atoms in total. The van der Waals surface area contributed by atoms with Gasteiger partial charge in [0.1, 0.15) is 0 Å². The second kappa shape index (κ2) is 9.50. The molecule has 0 aromatic heterocycles. The van der Waals surface area contributed by atoms with Gasteiger partial charge in [-0.3, -0.25) is 14.5 Å². The monoisotopic (exact) mass is 355 g/mol. The van der Waals surface area contributed by atoms with Gasteiger partial charge in [-0.2, -0.15) is 0 Å². The molecule has 1 aliphatic carbocycles. The fourth-order valence-electron chi connectivity index (χ4n) is 4.46. The molecule has 0 radical (unpaired) electrons. The maximum Gasteiger partial charge on any atom is 0.317 e. The van der Waals surface area contributed by atoms with Crippen molar-refractivity contribution in [1.82, 2.24) is 14.7 Å². The zero-order chi connectivity index (χ0) is 18.4. The van der Waals surface area contributed by atoms with E-state index in [1.54, 1.807) is 0 Å². The fourth-order valence-corrected chi connectivity index (χ4v) is 4.46. The first-order valence-electron chi connectivity index (χ1n) is 9.38. The van der Waals surface area contributed by atoms with E-state index < -0.39 is 11.9 Å². The largest absolute Gasteiger partial charge is 0.481 e. The maximum absolute atomic E-state index is 11.4. The van der Waals surface area contributed by atoms with Gasteiger partial charge in [-0.25, -0.2) is 0 Å². The van der Waals surface area contributed by atoms with Gasteiger partial charge in [0, 0.05) is 45.7 Å². The summed E-state index contributed by atoms with van der Waals surface area (Å²) in [5.41, 5.74) is 0. The van der Waals surface area contributed by atoms with Gasteiger partial charge < -0.3 is 20.0 Å². The number of aliphatic carboxylic acids is 2. The van der Waals surface area contributed by atoms with Crippen molar-refractivity contribution in [2.24, 2.45) is 17.8 Å². The van der Waals surface area contributed by atoms with Crippen LogP contribution < -0.4 is 0 Å². The van der Waals surface area contributed by atoms with E-state index in [0.717, 1.165) is 45.4 Å². The molecule has 1 aliphatic heterocycles. The Hall–Kier alpha value is -1.18. The first kappa shape index (κ1) is 20.1. The molecule has 0 amide bonds. The lowest BCUT2D eigenvalue weighted by atomic mass is 9.70. The minimum atomic E-state index is -0.809. The summed E-state index contributed by atoms with van der Waals surface area (Å²) in [6.45, 7) is 5.11. The molecular weight excluding hydrogens is 322 g/mol. The third-order valence-electron chi connectivity index (χ3n) is 5.83. The van der Waals surface area contributed by atoms with Crippen LogP contribution in [0.15, 0.2) is 0 Å². The normalized spacial score (nSPS) is 31.0. The first-order chi connectivity index (χ1) is 11.8. The van der Waals surface area contributed by atoms with E-state index in [2.05, 4.69) is 23.9 Å². The lowest BCUT2D eigenvalue weighted by molar-refractivity contribution is -0.141. The molecule has 0 spiro atoms. The van der Waals surface area contributed by atoms with Gasteiger partial charge in [-0.15, -0.1) is 0 Å². The third kappa shape index (κ3) is 6.56. The van der Waals surface area contributed by atoms with E-state index in [4.69, 9.17) is 0 Å². The predicted molar refractivity (Wildman–Crippen MR) is 95.6 cm³/mol. The van der Waals surface area contributed by atoms with Crippen LogP contribution in [0.5, 0.6) is 0 Å². The number of likely N-dealkylation sites (N-methyl/N-ethyl adjacent to an activating group) is 2. The number of carbonyl (C=O) groups is 2. The molecule has 2 bridgehead atoms. The summed E-state index contributed by atoms with van der Waals surface area (Å²) in [5.74, 6) is -0.747. The lowest BCUT2D eigenvalue weighted by Crippen LogP contribution is -2.47. The standard InChI is InChI=1S/C18H33N3O4/c1-19-6-7-20(2)11-14-4-3-5-15(16(14)10-17(22)23)12-21(9-8-19)13-18(24)25/h14-16H,3-13H2,1-2H3,(H,22,23)(H,24,25)/t14-,15+,16?/m1/s1. The Morgan fingerprint density at radius 2 is 1.48 bits per heavy atom. The minimum Gasteiger partial charge on any atom is -0.481 e. The average Bonchev–Trinajstić information content (AvgIpc) is 2.52. The Labute approximate surface area is 150 Å².